The Morgan fingerprint density at radius 3 is 1.77 bits per heavy atom. The zero-order valence-corrected chi connectivity index (χ0v) is 86.9. The van der Waals surface area contributed by atoms with E-state index in [1.807, 2.05) is 0 Å². The van der Waals surface area contributed by atoms with Crippen LogP contribution in [0.2, 0.25) is 5.02 Å². The van der Waals surface area contributed by atoms with Crippen LogP contribution in [0.25, 0.3) is 0 Å². The Hall–Kier alpha value is -10.8. The van der Waals surface area contributed by atoms with Crippen LogP contribution in [0.15, 0.2) is 96.1 Å². The second-order valence-corrected chi connectivity index (χ2v) is 39.4. The number of urea groups is 1. The molecule has 0 aromatic heterocycles. The fourth-order valence-corrected chi connectivity index (χ4v) is 16.8. The van der Waals surface area contributed by atoms with Gasteiger partial charge in [-0.3, -0.25) is 57.0 Å². The number of allylic oxidation sites excluding steroid dienone is 1. The molecule has 0 saturated heterocycles. The number of esters is 2. The van der Waals surface area contributed by atoms with E-state index in [9.17, 15) is 90.8 Å². The Labute approximate surface area is 841 Å². The van der Waals surface area contributed by atoms with Gasteiger partial charge in [0.05, 0.1) is 72.6 Å². The quantitative estimate of drug-likeness (QED) is 0.00625. The maximum atomic E-state index is 14.5. The van der Waals surface area contributed by atoms with E-state index in [0.29, 0.717) is 84.2 Å². The first-order valence-electron chi connectivity index (χ1n) is 48.5. The van der Waals surface area contributed by atoms with Gasteiger partial charge in [-0.1, -0.05) is 121 Å². The minimum atomic E-state index is -5.18. The number of nitrogens with one attached hydrogen (secondary N) is 10. The lowest BCUT2D eigenvalue weighted by atomic mass is 9.80. The Morgan fingerprint density at radius 2 is 1.20 bits per heavy atom. The Morgan fingerprint density at radius 1 is 0.636 bits per heavy atom. The summed E-state index contributed by atoms with van der Waals surface area (Å²) >= 11 is 6.18. The molecule has 13 amide bonds. The number of carbonyl (C=O) groups excluding carboxylic acids is 15. The van der Waals surface area contributed by atoms with Crippen LogP contribution in [0.4, 0.5) is 20.1 Å². The Bertz CT molecular complexity index is 4780. The first kappa shape index (κ1) is 123. The highest BCUT2D eigenvalue weighted by Crippen LogP contribution is 2.60. The van der Waals surface area contributed by atoms with Gasteiger partial charge in [0.15, 0.2) is 11.9 Å². The number of benzene rings is 3. The number of alkyl carbamates (subject to hydrolysis) is 2. The predicted molar refractivity (Wildman–Crippen MR) is 528 cm³/mol. The average Bonchev–Trinajstić information content (AvgIpc) is 0.822. The van der Waals surface area contributed by atoms with Crippen molar-refractivity contribution < 1.29 is 142 Å². The van der Waals surface area contributed by atoms with Crippen LogP contribution in [0.3, 0.4) is 0 Å². The number of nitrogens with zero attached hydrogens (tertiary/aromatic N) is 2. The van der Waals surface area contributed by atoms with Gasteiger partial charge >= 0.3 is 45.8 Å². The molecule has 43 nitrogen and oxygen atoms in total. The number of nitrogens with two attached hydrogens (primary N) is 1. The third-order valence-corrected chi connectivity index (χ3v) is 26.4. The summed E-state index contributed by atoms with van der Waals surface area (Å²) in [6.45, 7) is 20.5. The fourth-order valence-electron chi connectivity index (χ4n) is 14.5. The maximum absolute atomic E-state index is 14.5. The first-order valence-corrected chi connectivity index (χ1v) is 51.8. The number of rotatable bonds is 54. The highest BCUT2D eigenvalue weighted by atomic mass is 35.5. The summed E-state index contributed by atoms with van der Waals surface area (Å²) < 4.78 is 85.3. The molecule has 143 heavy (non-hydrogen) atoms. The number of cyclic esters (lactones) is 2. The number of Topliss-reactive ketones (excluding diaryl/α,β-unsaturated/α-hetero) is 1. The second-order valence-electron chi connectivity index (χ2n) is 36.0. The van der Waals surface area contributed by atoms with Gasteiger partial charge in [0, 0.05) is 98.8 Å². The predicted octanol–water partition coefficient (Wildman–Crippen LogP) is 9.02. The zero-order valence-electron chi connectivity index (χ0n) is 84.4. The van der Waals surface area contributed by atoms with Crippen molar-refractivity contribution >= 4 is 122 Å². The topological polar surface area (TPSA) is 585 Å². The molecule has 1 heterocycles. The lowest BCUT2D eigenvalue weighted by molar-refractivity contribution is -0.155. The zero-order chi connectivity index (χ0) is 106. The van der Waals surface area contributed by atoms with Gasteiger partial charge in [-0.05, 0) is 176 Å². The molecule has 1 aliphatic heterocycles. The number of ether oxygens (including phenoxy) is 8. The molecule has 1 aliphatic carbocycles. The summed E-state index contributed by atoms with van der Waals surface area (Å²) in [5.41, 5.74) is 8.24. The number of anilines is 1. The Balaban J connectivity index is 1.02. The van der Waals surface area contributed by atoms with E-state index in [-0.39, 0.29) is 153 Å². The van der Waals surface area contributed by atoms with E-state index >= 15 is 0 Å². The summed E-state index contributed by atoms with van der Waals surface area (Å²) in [7, 11) is -7.61. The number of hydrogen-bond acceptors (Lipinski definition) is 28. The van der Waals surface area contributed by atoms with Crippen LogP contribution in [0, 0.1) is 29.6 Å². The minimum Gasteiger partial charge on any atom is -0.456 e. The van der Waals surface area contributed by atoms with Gasteiger partial charge in [-0.25, -0.2) is 33.1 Å². The number of amides is 13. The van der Waals surface area contributed by atoms with Crippen LogP contribution in [-0.4, -0.2) is 276 Å². The van der Waals surface area contributed by atoms with E-state index in [1.165, 1.54) is 40.9 Å². The van der Waals surface area contributed by atoms with Crippen LogP contribution < -0.4 is 58.9 Å². The van der Waals surface area contributed by atoms with Crippen molar-refractivity contribution in [3.05, 3.63) is 123 Å². The number of likely N-dealkylation sites (N-methyl/N-ethyl adjacent to an activating group) is 2. The molecular weight excluding hydrogens is 1920 g/mol. The van der Waals surface area contributed by atoms with Crippen molar-refractivity contribution in [3.8, 4) is 0 Å². The molecule has 46 heteroatoms. The summed E-state index contributed by atoms with van der Waals surface area (Å²) in [5.74, 6) is -9.36. The molecule has 3 aromatic rings. The lowest BCUT2D eigenvalue weighted by Gasteiger charge is -2.33. The number of ketones is 1. The summed E-state index contributed by atoms with van der Waals surface area (Å²) in [4.78, 5) is 225. The highest BCUT2D eigenvalue weighted by Gasteiger charge is 2.41. The average molecular weight is 2070 g/mol. The maximum Gasteiger partial charge on any atom is 0.481 e. The molecule has 3 aromatic carbocycles. The molecule has 0 bridgehead atoms. The Kier molecular flexibility index (Phi) is 55.6. The van der Waals surface area contributed by atoms with E-state index in [0.717, 1.165) is 29.1 Å². The monoisotopic (exact) mass is 2070 g/mol. The lowest BCUT2D eigenvalue weighted by Crippen LogP contribution is -2.57. The van der Waals surface area contributed by atoms with E-state index in [1.54, 1.807) is 141 Å². The van der Waals surface area contributed by atoms with Gasteiger partial charge in [0.1, 0.15) is 55.1 Å². The molecule has 14 N–H and O–H groups in total. The van der Waals surface area contributed by atoms with E-state index < -0.39 is 185 Å². The van der Waals surface area contributed by atoms with Crippen LogP contribution in [0.5, 0.6) is 0 Å². The SMILES string of the molecule is C/C=C(\C)[C@@H]1OC(=O)[C@H](C)NC(=O)[C@H](C(C)CC)NC(=O)CN(C)C(=O)[C@H](Cc2ccc(Cl)cc2)N(C)C(=O)[C@H](C)NC(=O)[C@H](CC(C)C)OC(=O)/C(C)=C/C[C@@H](OC(=O)NCCCCCOP(=O)(O)OP(=O)(O)OCCCCCNC(=O)OCc2ccc(NC(=O)[C@@H](CCCNC(N)=O)NC(=O)[C@H](NC(=O)CCOCCOCCOCCOCCNC(=O)c3ccc(C(=O)C4CCC4)cc3)C(C)C)cc2)[C@@H]1C. The third kappa shape index (κ3) is 46.8. The van der Waals surface area contributed by atoms with E-state index in [2.05, 4.69) is 57.5 Å². The molecule has 5 rings (SSSR count). The molecule has 0 radical (unpaired) electrons. The van der Waals surface area contributed by atoms with Gasteiger partial charge in [-0.2, -0.15) is 4.31 Å². The van der Waals surface area contributed by atoms with Crippen molar-refractivity contribution in [3.63, 3.8) is 0 Å². The molecule has 13 atom stereocenters. The first-order chi connectivity index (χ1) is 67.8. The van der Waals surface area contributed by atoms with Gasteiger partial charge < -0.3 is 116 Å². The molecule has 0 spiro atoms. The van der Waals surface area contributed by atoms with E-state index in [4.69, 9.17) is 64.3 Å². The molecule has 1 fully saturated rings. The summed E-state index contributed by atoms with van der Waals surface area (Å²) in [6, 6.07) is 11.5. The van der Waals surface area contributed by atoms with Crippen molar-refractivity contribution in [1.29, 1.82) is 0 Å². The van der Waals surface area contributed by atoms with Gasteiger partial charge in [0.25, 0.3) is 11.8 Å². The number of hydrogen-bond donors (Lipinski definition) is 13. The smallest absolute Gasteiger partial charge is 0.456 e. The fraction of sp³-hybridized carbons (Fsp3) is 0.619. The minimum absolute atomic E-state index is 0.0111. The van der Waals surface area contributed by atoms with Crippen LogP contribution in [-0.2, 0) is 121 Å². The van der Waals surface area contributed by atoms with Crippen molar-refractivity contribution in [2.24, 2.45) is 35.3 Å². The number of phosphoric ester groups is 2. The molecule has 2 aliphatic rings. The molecular formula is C97H148ClN13O30P2. The van der Waals surface area contributed by atoms with Crippen molar-refractivity contribution in [1.82, 2.24) is 57.7 Å². The molecule has 798 valence electrons. The number of phosphoric acid groups is 2. The molecule has 3 unspecified atom stereocenters. The van der Waals surface area contributed by atoms with Crippen LogP contribution in [0.1, 0.15) is 211 Å². The van der Waals surface area contributed by atoms with Crippen molar-refractivity contribution in [2.45, 2.75) is 247 Å². The third-order valence-electron chi connectivity index (χ3n) is 23.5. The summed E-state index contributed by atoms with van der Waals surface area (Å²) in [5, 5.41) is 27.1. The number of halogens is 1. The normalized spacial score (nSPS) is 20.4. The highest BCUT2D eigenvalue weighted by molar-refractivity contribution is 7.61. The van der Waals surface area contributed by atoms with Gasteiger partial charge in [0.2, 0.25) is 41.4 Å². The number of carbonyl (C=O) groups is 15. The van der Waals surface area contributed by atoms with Gasteiger partial charge in [-0.15, -0.1) is 0 Å². The number of primary amides is 1. The van der Waals surface area contributed by atoms with Crippen LogP contribution >= 0.6 is 27.2 Å². The van der Waals surface area contributed by atoms with Crippen molar-refractivity contribution in [2.75, 3.05) is 118 Å². The standard InChI is InChI=1S/C97H148ClN13O30P2/c1-15-63(7)83-90(119)105-68(12)94(123)140-85(64(8)16-2)66(10)78(41-28-65(9)93(122)138-79(57-61(3)4)88(117)104-67(11)91(120)111(14)77(58-69-29-37-74(98)38-30-69)92(121)110(13)59-81(113)109-83)139-97(126)103-44-20-18-22-48-137-143(129,130)141-142(127,128)136-47-21-17-19-43-102-96(125)135-60-70-31-39-75(40-32-70)106-87(116)76(27-24-45-101-95(99)124)107-89(118)82(62(5)6)108-80(112)42-49-131-51-53-133-55-56-134-54-52-132-50-46-100-86(115)73-35-33-72(34-36-73)84(114)71-25-23-26-71/h16,28-40,61-63,66-68,71,76-79,82-83,85H,15,17-27,41-60H2,1-14H3,(H,100,115)(H,102,125)(H,103,126)(H,104,117)(H,105,119)(H,106,116)(H,107,118)(H,108,112)(H,109,113)(H,127,128)(H,129,130)(H3,99,101,124)/b64-16+,65-28+/t63?,66-,67-,68-,76+,77-,78+,79-,82+,83-,85-/m0/s1. The number of unbranched alkanes of at least 4 members (excludes halogenated alkanes) is 4. The summed E-state index contributed by atoms with van der Waals surface area (Å²) in [6.07, 6.45) is 2.23. The molecule has 1 saturated carbocycles. The second kappa shape index (κ2) is 64.8. The largest absolute Gasteiger partial charge is 0.481 e.